The van der Waals surface area contributed by atoms with E-state index in [-0.39, 0.29) is 18.5 Å². The second kappa shape index (κ2) is 6.61. The molecule has 2 N–H and O–H groups in total. The number of rotatable bonds is 2. The second-order valence-electron chi connectivity index (χ2n) is 7.66. The van der Waals surface area contributed by atoms with Crippen molar-refractivity contribution in [1.29, 1.82) is 0 Å². The predicted octanol–water partition coefficient (Wildman–Crippen LogP) is 3.84. The van der Waals surface area contributed by atoms with Crippen LogP contribution in [0.4, 0.5) is 4.39 Å². The van der Waals surface area contributed by atoms with Gasteiger partial charge in [-0.25, -0.2) is 4.39 Å². The lowest BCUT2D eigenvalue weighted by molar-refractivity contribution is -0.342. The Morgan fingerprint density at radius 3 is 2.86 bits per heavy atom. The van der Waals surface area contributed by atoms with E-state index in [4.69, 9.17) is 9.47 Å². The monoisotopic (exact) mass is 400 g/mol. The van der Waals surface area contributed by atoms with E-state index in [1.54, 1.807) is 17.4 Å². The maximum atomic E-state index is 14.8. The Labute approximate surface area is 166 Å². The van der Waals surface area contributed by atoms with E-state index in [9.17, 15) is 14.6 Å². The number of fused-ring (bicyclic) bond motifs is 3. The number of hydrogen-bond acceptors (Lipinski definition) is 5. The molecule has 5 rings (SSSR count). The summed E-state index contributed by atoms with van der Waals surface area (Å²) in [6, 6.07) is 13.4. The van der Waals surface area contributed by atoms with Gasteiger partial charge >= 0.3 is 0 Å². The summed E-state index contributed by atoms with van der Waals surface area (Å²) < 4.78 is 27.8. The molecule has 1 spiro atoms. The minimum Gasteiger partial charge on any atom is -0.390 e. The van der Waals surface area contributed by atoms with Crippen LogP contribution < -0.4 is 0 Å². The fraction of sp³-hybridized carbons (Fsp3) is 0.364. The fourth-order valence-corrected chi connectivity index (χ4v) is 5.38. The van der Waals surface area contributed by atoms with Gasteiger partial charge in [-0.15, -0.1) is 11.3 Å². The van der Waals surface area contributed by atoms with E-state index in [0.717, 1.165) is 10.3 Å². The molecule has 2 aromatic carbocycles. The first kappa shape index (κ1) is 18.2. The van der Waals surface area contributed by atoms with Crippen LogP contribution in [0, 0.1) is 5.82 Å². The molecule has 0 aliphatic carbocycles. The van der Waals surface area contributed by atoms with Crippen LogP contribution >= 0.6 is 11.3 Å². The van der Waals surface area contributed by atoms with E-state index < -0.39 is 18.0 Å². The highest BCUT2D eigenvalue weighted by Gasteiger charge is 2.54. The van der Waals surface area contributed by atoms with Crippen molar-refractivity contribution in [3.63, 3.8) is 0 Å². The largest absolute Gasteiger partial charge is 0.390 e. The Morgan fingerprint density at radius 2 is 2.04 bits per heavy atom. The Morgan fingerprint density at radius 1 is 1.21 bits per heavy atom. The summed E-state index contributed by atoms with van der Waals surface area (Å²) in [6.07, 6.45) is -1.67. The molecule has 2 aliphatic rings. The molecular formula is C22H21FO4S. The molecule has 0 radical (unpaired) electrons. The third kappa shape index (κ3) is 2.79. The van der Waals surface area contributed by atoms with E-state index in [1.165, 1.54) is 10.8 Å². The molecule has 0 amide bonds. The van der Waals surface area contributed by atoms with Gasteiger partial charge in [0.05, 0.1) is 18.8 Å². The van der Waals surface area contributed by atoms with Crippen LogP contribution in [0.25, 0.3) is 10.1 Å². The van der Waals surface area contributed by atoms with Crippen molar-refractivity contribution in [3.8, 4) is 0 Å². The van der Waals surface area contributed by atoms with Gasteiger partial charge in [0.15, 0.2) is 0 Å². The zero-order valence-electron chi connectivity index (χ0n) is 15.4. The van der Waals surface area contributed by atoms with Gasteiger partial charge in [0.2, 0.25) is 5.79 Å². The minimum absolute atomic E-state index is 0.145. The van der Waals surface area contributed by atoms with Gasteiger partial charge in [-0.3, -0.25) is 0 Å². The van der Waals surface area contributed by atoms with Crippen LogP contribution in [0.3, 0.4) is 0 Å². The van der Waals surface area contributed by atoms with Crippen molar-refractivity contribution in [2.75, 3.05) is 0 Å². The van der Waals surface area contributed by atoms with Crippen LogP contribution in [0.1, 0.15) is 34.9 Å². The third-order valence-corrected chi connectivity index (χ3v) is 6.75. The summed E-state index contributed by atoms with van der Waals surface area (Å²) in [5, 5.41) is 22.0. The quantitative estimate of drug-likeness (QED) is 0.686. The van der Waals surface area contributed by atoms with Crippen LogP contribution in [0.5, 0.6) is 0 Å². The van der Waals surface area contributed by atoms with Crippen molar-refractivity contribution < 1.29 is 24.1 Å². The molecule has 1 fully saturated rings. The smallest absolute Gasteiger partial charge is 0.225 e. The number of aliphatic hydroxyl groups is 2. The summed E-state index contributed by atoms with van der Waals surface area (Å²) in [6.45, 7) is 1.98. The molecular weight excluding hydrogens is 379 g/mol. The fourth-order valence-electron chi connectivity index (χ4n) is 4.29. The van der Waals surface area contributed by atoms with Gasteiger partial charge in [0.25, 0.3) is 0 Å². The first-order valence-corrected chi connectivity index (χ1v) is 10.2. The molecule has 0 saturated carbocycles. The molecule has 146 valence electrons. The first-order chi connectivity index (χ1) is 13.5. The molecule has 3 heterocycles. The highest BCUT2D eigenvalue weighted by molar-refractivity contribution is 7.19. The molecule has 3 aromatic rings. The molecule has 2 aliphatic heterocycles. The number of thiophene rings is 1. The molecule has 4 nitrogen and oxygen atoms in total. The number of ether oxygens (including phenoxy) is 2. The van der Waals surface area contributed by atoms with Crippen LogP contribution in [0.15, 0.2) is 42.5 Å². The lowest BCUT2D eigenvalue weighted by Gasteiger charge is -2.43. The number of hydrogen-bond donors (Lipinski definition) is 2. The van der Waals surface area contributed by atoms with E-state index in [0.29, 0.717) is 29.5 Å². The van der Waals surface area contributed by atoms with Gasteiger partial charge in [-0.05, 0) is 47.7 Å². The second-order valence-corrected chi connectivity index (χ2v) is 8.83. The van der Waals surface area contributed by atoms with Gasteiger partial charge in [0.1, 0.15) is 11.9 Å². The Kier molecular flexibility index (Phi) is 4.30. The maximum absolute atomic E-state index is 14.8. The molecule has 4 atom stereocenters. The van der Waals surface area contributed by atoms with Crippen molar-refractivity contribution in [2.45, 2.75) is 50.5 Å². The van der Waals surface area contributed by atoms with Crippen LogP contribution in [-0.2, 0) is 28.3 Å². The lowest BCUT2D eigenvalue weighted by atomic mass is 9.88. The summed E-state index contributed by atoms with van der Waals surface area (Å²) in [5.41, 5.74) is 1.79. The van der Waals surface area contributed by atoms with Crippen molar-refractivity contribution in [2.24, 2.45) is 0 Å². The summed E-state index contributed by atoms with van der Waals surface area (Å²) in [7, 11) is 0. The van der Waals surface area contributed by atoms with Crippen molar-refractivity contribution in [3.05, 3.63) is 69.8 Å². The lowest BCUT2D eigenvalue weighted by Crippen LogP contribution is -2.55. The standard InChI is InChI=1S/C22H21FO4S/c1-12-6-19(24)21(25)22(27-12)17-9-14(18(23)10-15(17)11-26-22)8-16-7-13-4-2-3-5-20(13)28-16/h2-5,7,9-10,12,19,21,24-25H,6,8,11H2,1H3/t12-,19+,21?,22+/m1/s1. The Bertz CT molecular complexity index is 1020. The average molecular weight is 400 g/mol. The van der Waals surface area contributed by atoms with Crippen molar-refractivity contribution in [1.82, 2.24) is 0 Å². The summed E-state index contributed by atoms with van der Waals surface area (Å²) in [4.78, 5) is 1.06. The Balaban J connectivity index is 1.55. The molecule has 28 heavy (non-hydrogen) atoms. The Hall–Kier alpha value is -1.83. The van der Waals surface area contributed by atoms with E-state index in [1.807, 2.05) is 25.1 Å². The van der Waals surface area contributed by atoms with E-state index in [2.05, 4.69) is 12.1 Å². The summed E-state index contributed by atoms with van der Waals surface area (Å²) in [5.74, 6) is -1.73. The third-order valence-electron chi connectivity index (χ3n) is 5.63. The molecule has 0 bridgehead atoms. The number of halogens is 1. The minimum atomic E-state index is -1.44. The van der Waals surface area contributed by atoms with Gasteiger partial charge in [-0.1, -0.05) is 18.2 Å². The molecule has 1 unspecified atom stereocenters. The highest BCUT2D eigenvalue weighted by Crippen LogP contribution is 2.46. The van der Waals surface area contributed by atoms with Gasteiger partial charge < -0.3 is 19.7 Å². The molecule has 1 aromatic heterocycles. The zero-order chi connectivity index (χ0) is 19.5. The number of aliphatic hydroxyl groups excluding tert-OH is 2. The highest BCUT2D eigenvalue weighted by atomic mass is 32.1. The molecule has 1 saturated heterocycles. The first-order valence-electron chi connectivity index (χ1n) is 9.43. The van der Waals surface area contributed by atoms with Crippen LogP contribution in [0.2, 0.25) is 0 Å². The van der Waals surface area contributed by atoms with Crippen LogP contribution in [-0.4, -0.2) is 28.5 Å². The number of benzene rings is 2. The van der Waals surface area contributed by atoms with Gasteiger partial charge in [0, 0.05) is 28.0 Å². The maximum Gasteiger partial charge on any atom is 0.225 e. The average Bonchev–Trinajstić information content (AvgIpc) is 3.22. The SMILES string of the molecule is C[C@@H]1C[C@H](O)C(O)[C@@]2(OCc3cc(F)c(Cc4cc5ccccc5s4)cc32)O1. The van der Waals surface area contributed by atoms with Crippen molar-refractivity contribution >= 4 is 21.4 Å². The predicted molar refractivity (Wildman–Crippen MR) is 105 cm³/mol. The topological polar surface area (TPSA) is 58.9 Å². The van der Waals surface area contributed by atoms with E-state index >= 15 is 0 Å². The normalized spacial score (nSPS) is 29.5. The van der Waals surface area contributed by atoms with Gasteiger partial charge in [-0.2, -0.15) is 0 Å². The summed E-state index contributed by atoms with van der Waals surface area (Å²) >= 11 is 1.64. The zero-order valence-corrected chi connectivity index (χ0v) is 16.2. The molecule has 6 heteroatoms.